The molecule has 0 spiro atoms. The van der Waals surface area contributed by atoms with Crippen molar-refractivity contribution in [3.8, 4) is 0 Å². The molecule has 0 unspecified atom stereocenters. The van der Waals surface area contributed by atoms with E-state index in [0.29, 0.717) is 11.1 Å². The van der Waals surface area contributed by atoms with Crippen LogP contribution in [-0.2, 0) is 14.8 Å². The molecule has 1 aromatic carbocycles. The largest absolute Gasteiger partial charge is 0.377 e. The molecule has 0 aliphatic carbocycles. The van der Waals surface area contributed by atoms with E-state index >= 15 is 0 Å². The molecule has 1 rings (SSSR count). The van der Waals surface area contributed by atoms with Gasteiger partial charge in [-0.25, -0.2) is 13.1 Å². The van der Waals surface area contributed by atoms with Crippen LogP contribution < -0.4 is 4.72 Å². The Hall–Kier alpha value is -0.430. The highest BCUT2D eigenvalue weighted by Gasteiger charge is 2.16. The summed E-state index contributed by atoms with van der Waals surface area (Å²) in [5.74, 6) is 0. The Bertz CT molecular complexity index is 460. The van der Waals surface area contributed by atoms with Gasteiger partial charge in [-0.05, 0) is 41.9 Å². The number of sulfonamides is 1. The summed E-state index contributed by atoms with van der Waals surface area (Å²) in [7, 11) is -3.47. The van der Waals surface area contributed by atoms with E-state index in [1.165, 1.54) is 0 Å². The number of nitrogens with one attached hydrogen (secondary N) is 1. The van der Waals surface area contributed by atoms with E-state index in [2.05, 4.69) is 20.7 Å². The SMILES string of the molecule is CC(C)OCCNS(=O)(=O)c1ccccc1Br. The van der Waals surface area contributed by atoms with Gasteiger partial charge in [-0.1, -0.05) is 12.1 Å². The van der Waals surface area contributed by atoms with Crippen LogP contribution in [0.3, 0.4) is 0 Å². The second kappa shape index (κ2) is 6.49. The lowest BCUT2D eigenvalue weighted by Crippen LogP contribution is -2.28. The maximum Gasteiger partial charge on any atom is 0.241 e. The van der Waals surface area contributed by atoms with Crippen LogP contribution in [0.1, 0.15) is 13.8 Å². The summed E-state index contributed by atoms with van der Waals surface area (Å²) in [4.78, 5) is 0.240. The minimum Gasteiger partial charge on any atom is -0.377 e. The van der Waals surface area contributed by atoms with Gasteiger partial charge in [0.1, 0.15) is 0 Å². The van der Waals surface area contributed by atoms with Gasteiger partial charge in [-0.2, -0.15) is 0 Å². The third-order valence-corrected chi connectivity index (χ3v) is 4.44. The minimum atomic E-state index is -3.47. The van der Waals surface area contributed by atoms with Crippen LogP contribution >= 0.6 is 15.9 Å². The number of benzene rings is 1. The molecule has 0 saturated carbocycles. The van der Waals surface area contributed by atoms with E-state index in [9.17, 15) is 8.42 Å². The normalized spacial score (nSPS) is 12.0. The molecule has 0 radical (unpaired) electrons. The Balaban J connectivity index is 2.61. The van der Waals surface area contributed by atoms with E-state index in [1.54, 1.807) is 24.3 Å². The first kappa shape index (κ1) is 14.6. The van der Waals surface area contributed by atoms with Crippen LogP contribution in [0.25, 0.3) is 0 Å². The van der Waals surface area contributed by atoms with Gasteiger partial charge < -0.3 is 4.74 Å². The molecule has 0 aliphatic heterocycles. The Morgan fingerprint density at radius 2 is 2.00 bits per heavy atom. The maximum absolute atomic E-state index is 11.9. The third kappa shape index (κ3) is 4.75. The van der Waals surface area contributed by atoms with Crippen molar-refractivity contribution in [1.82, 2.24) is 4.72 Å². The molecule has 4 nitrogen and oxygen atoms in total. The molecule has 6 heteroatoms. The fourth-order valence-electron chi connectivity index (χ4n) is 1.21. The van der Waals surface area contributed by atoms with Crippen LogP contribution in [0.4, 0.5) is 0 Å². The van der Waals surface area contributed by atoms with Gasteiger partial charge in [0.15, 0.2) is 0 Å². The number of rotatable bonds is 6. The minimum absolute atomic E-state index is 0.1000. The van der Waals surface area contributed by atoms with Crippen LogP contribution in [0.15, 0.2) is 33.6 Å². The zero-order chi connectivity index (χ0) is 12.9. The number of ether oxygens (including phenoxy) is 1. The molecule has 0 bridgehead atoms. The van der Waals surface area contributed by atoms with Crippen molar-refractivity contribution in [1.29, 1.82) is 0 Å². The van der Waals surface area contributed by atoms with Gasteiger partial charge >= 0.3 is 0 Å². The second-order valence-electron chi connectivity index (χ2n) is 3.75. The van der Waals surface area contributed by atoms with Crippen LogP contribution in [0, 0.1) is 0 Å². The van der Waals surface area contributed by atoms with E-state index < -0.39 is 10.0 Å². The molecule has 0 saturated heterocycles. The summed E-state index contributed by atoms with van der Waals surface area (Å²) in [6.45, 7) is 4.44. The number of halogens is 1. The molecule has 96 valence electrons. The molecule has 0 aromatic heterocycles. The first-order valence-electron chi connectivity index (χ1n) is 5.29. The van der Waals surface area contributed by atoms with E-state index in [1.807, 2.05) is 13.8 Å². The van der Waals surface area contributed by atoms with Gasteiger partial charge in [-0.15, -0.1) is 0 Å². The Morgan fingerprint density at radius 3 is 2.59 bits per heavy atom. The predicted octanol–water partition coefficient (Wildman–Crippen LogP) is 2.15. The molecule has 17 heavy (non-hydrogen) atoms. The first-order chi connectivity index (χ1) is 7.93. The summed E-state index contributed by atoms with van der Waals surface area (Å²) >= 11 is 3.21. The Kier molecular flexibility index (Phi) is 5.58. The lowest BCUT2D eigenvalue weighted by atomic mass is 10.4. The second-order valence-corrected chi connectivity index (χ2v) is 6.34. The molecule has 1 N–H and O–H groups in total. The first-order valence-corrected chi connectivity index (χ1v) is 7.57. The van der Waals surface area contributed by atoms with Crippen LogP contribution in [-0.4, -0.2) is 27.7 Å². The van der Waals surface area contributed by atoms with E-state index in [4.69, 9.17) is 4.74 Å². The van der Waals surface area contributed by atoms with Crippen molar-refractivity contribution < 1.29 is 13.2 Å². The monoisotopic (exact) mass is 321 g/mol. The third-order valence-electron chi connectivity index (χ3n) is 1.97. The summed E-state index contributed by atoms with van der Waals surface area (Å²) in [5.41, 5.74) is 0. The van der Waals surface area contributed by atoms with Gasteiger partial charge in [0.05, 0.1) is 17.6 Å². The molecule has 0 heterocycles. The Labute approximate surface area is 111 Å². The highest BCUT2D eigenvalue weighted by atomic mass is 79.9. The topological polar surface area (TPSA) is 55.4 Å². The van der Waals surface area contributed by atoms with Crippen molar-refractivity contribution in [3.05, 3.63) is 28.7 Å². The Morgan fingerprint density at radius 1 is 1.35 bits per heavy atom. The van der Waals surface area contributed by atoms with Crippen molar-refractivity contribution in [3.63, 3.8) is 0 Å². The smallest absolute Gasteiger partial charge is 0.241 e. The van der Waals surface area contributed by atoms with Crippen LogP contribution in [0.2, 0.25) is 0 Å². The summed E-state index contributed by atoms with van der Waals surface area (Å²) in [6.07, 6.45) is 0.1000. The summed E-state index contributed by atoms with van der Waals surface area (Å²) in [5, 5.41) is 0. The maximum atomic E-state index is 11.9. The molecule has 0 aliphatic rings. The van der Waals surface area contributed by atoms with Crippen molar-refractivity contribution >= 4 is 26.0 Å². The van der Waals surface area contributed by atoms with Crippen LogP contribution in [0.5, 0.6) is 0 Å². The molecular weight excluding hydrogens is 306 g/mol. The fourth-order valence-corrected chi connectivity index (χ4v) is 3.23. The average Bonchev–Trinajstić information content (AvgIpc) is 2.24. The molecule has 0 amide bonds. The highest BCUT2D eigenvalue weighted by molar-refractivity contribution is 9.10. The van der Waals surface area contributed by atoms with Gasteiger partial charge in [0.25, 0.3) is 0 Å². The number of hydrogen-bond acceptors (Lipinski definition) is 3. The standard InChI is InChI=1S/C11H16BrNO3S/c1-9(2)16-8-7-13-17(14,15)11-6-4-3-5-10(11)12/h3-6,9,13H,7-8H2,1-2H3. The van der Waals surface area contributed by atoms with Gasteiger partial charge in [0, 0.05) is 11.0 Å². The van der Waals surface area contributed by atoms with Gasteiger partial charge in [-0.3, -0.25) is 0 Å². The fraction of sp³-hybridized carbons (Fsp3) is 0.455. The summed E-state index contributed by atoms with van der Waals surface area (Å²) < 4.78 is 32.1. The lowest BCUT2D eigenvalue weighted by Gasteiger charge is -2.10. The van der Waals surface area contributed by atoms with Crippen molar-refractivity contribution in [2.24, 2.45) is 0 Å². The highest BCUT2D eigenvalue weighted by Crippen LogP contribution is 2.20. The van der Waals surface area contributed by atoms with E-state index in [0.717, 1.165) is 0 Å². The predicted molar refractivity (Wildman–Crippen MR) is 70.4 cm³/mol. The molecular formula is C11H16BrNO3S. The van der Waals surface area contributed by atoms with Crippen molar-refractivity contribution in [2.45, 2.75) is 24.8 Å². The molecule has 0 atom stereocenters. The summed E-state index contributed by atoms with van der Waals surface area (Å²) in [6, 6.07) is 6.70. The molecule has 1 aromatic rings. The zero-order valence-electron chi connectivity index (χ0n) is 9.81. The van der Waals surface area contributed by atoms with Gasteiger partial charge in [0.2, 0.25) is 10.0 Å². The number of hydrogen-bond donors (Lipinski definition) is 1. The lowest BCUT2D eigenvalue weighted by molar-refractivity contribution is 0.0834. The molecule has 0 fully saturated rings. The quantitative estimate of drug-likeness (QED) is 0.817. The zero-order valence-corrected chi connectivity index (χ0v) is 12.2. The average molecular weight is 322 g/mol. The van der Waals surface area contributed by atoms with E-state index in [-0.39, 0.29) is 17.5 Å². The van der Waals surface area contributed by atoms with Crippen molar-refractivity contribution in [2.75, 3.05) is 13.2 Å².